The standard InChI is InChI=1S/C14H20IN2O2P/c1-12-9-16(10-13-5-3-2-4-6-13)7-8-17(12)14(18)19-11-20-15/h2-6,12,20H,7-11H2,1H3/t12-/m1/s1. The fraction of sp³-hybridized carbons (Fsp3) is 0.500. The van der Waals surface area contributed by atoms with Gasteiger partial charge in [0.05, 0.1) is 0 Å². The van der Waals surface area contributed by atoms with Crippen molar-refractivity contribution < 1.29 is 9.53 Å². The molecule has 1 amide bonds. The first kappa shape index (κ1) is 16.0. The minimum Gasteiger partial charge on any atom is -0.444 e. The maximum Gasteiger partial charge on any atom is 0.410 e. The van der Waals surface area contributed by atoms with Gasteiger partial charge in [-0.15, -0.1) is 0 Å². The molecule has 2 atom stereocenters. The van der Waals surface area contributed by atoms with Crippen molar-refractivity contribution in [3.63, 3.8) is 0 Å². The number of nitrogens with zero attached hydrogens (tertiary/aromatic N) is 2. The predicted molar refractivity (Wildman–Crippen MR) is 91.6 cm³/mol. The molecule has 1 saturated heterocycles. The second-order valence-corrected chi connectivity index (χ2v) is 7.80. The normalized spacial score (nSPS) is 20.5. The lowest BCUT2D eigenvalue weighted by Crippen LogP contribution is -2.53. The average molecular weight is 406 g/mol. The van der Waals surface area contributed by atoms with Gasteiger partial charge in [0.15, 0.2) is 0 Å². The molecule has 0 saturated carbocycles. The van der Waals surface area contributed by atoms with E-state index in [1.165, 1.54) is 5.56 Å². The second kappa shape index (κ2) is 8.15. The Morgan fingerprint density at radius 2 is 2.15 bits per heavy atom. The summed E-state index contributed by atoms with van der Waals surface area (Å²) in [4.78, 5) is 16.2. The molecule has 0 N–H and O–H groups in total. The van der Waals surface area contributed by atoms with E-state index in [1.807, 2.05) is 11.0 Å². The van der Waals surface area contributed by atoms with Gasteiger partial charge in [0.25, 0.3) is 0 Å². The number of carbonyl (C=O) groups excluding carboxylic acids is 1. The lowest BCUT2D eigenvalue weighted by atomic mass is 10.1. The maximum absolute atomic E-state index is 11.9. The summed E-state index contributed by atoms with van der Waals surface area (Å²) in [7, 11) is 0. The molecule has 1 fully saturated rings. The van der Waals surface area contributed by atoms with Gasteiger partial charge >= 0.3 is 6.09 Å². The summed E-state index contributed by atoms with van der Waals surface area (Å²) < 4.78 is 5.23. The van der Waals surface area contributed by atoms with E-state index in [-0.39, 0.29) is 12.1 Å². The molecule has 1 aliphatic rings. The predicted octanol–water partition coefficient (Wildman–Crippen LogP) is 3.32. The Bertz CT molecular complexity index is 432. The summed E-state index contributed by atoms with van der Waals surface area (Å²) in [6.45, 7) is 5.59. The van der Waals surface area contributed by atoms with Crippen molar-refractivity contribution in [2.45, 2.75) is 19.5 Å². The SMILES string of the molecule is C[C@@H]1CN(Cc2ccccc2)CCN1C(=O)OCPI. The Labute approximate surface area is 135 Å². The fourth-order valence-electron chi connectivity index (χ4n) is 2.46. The zero-order chi connectivity index (χ0) is 14.4. The van der Waals surface area contributed by atoms with Crippen LogP contribution < -0.4 is 0 Å². The van der Waals surface area contributed by atoms with Gasteiger partial charge in [-0.1, -0.05) is 52.4 Å². The fourth-order valence-corrected chi connectivity index (χ4v) is 3.11. The van der Waals surface area contributed by atoms with Gasteiger partial charge in [-0.05, 0) is 18.7 Å². The van der Waals surface area contributed by atoms with Crippen LogP contribution in [0.5, 0.6) is 0 Å². The molecule has 1 heterocycles. The van der Waals surface area contributed by atoms with Crippen LogP contribution in [0.15, 0.2) is 30.3 Å². The Morgan fingerprint density at radius 1 is 1.40 bits per heavy atom. The van der Waals surface area contributed by atoms with Crippen molar-refractivity contribution in [3.8, 4) is 0 Å². The molecule has 4 nitrogen and oxygen atoms in total. The zero-order valence-electron chi connectivity index (χ0n) is 11.6. The Hall–Kier alpha value is -0.390. The first-order chi connectivity index (χ1) is 9.70. The van der Waals surface area contributed by atoms with Crippen molar-refractivity contribution >= 4 is 34.4 Å². The second-order valence-electron chi connectivity index (χ2n) is 4.95. The van der Waals surface area contributed by atoms with E-state index in [1.54, 1.807) is 0 Å². The third-order valence-corrected chi connectivity index (χ3v) is 4.63. The van der Waals surface area contributed by atoms with Crippen molar-refractivity contribution in [1.82, 2.24) is 9.80 Å². The molecule has 1 aromatic carbocycles. The molecule has 1 aliphatic heterocycles. The molecule has 20 heavy (non-hydrogen) atoms. The van der Waals surface area contributed by atoms with Crippen LogP contribution in [0.2, 0.25) is 0 Å². The van der Waals surface area contributed by atoms with Crippen LogP contribution in [0.3, 0.4) is 0 Å². The van der Waals surface area contributed by atoms with Gasteiger partial charge in [0.1, 0.15) is 6.35 Å². The highest BCUT2D eigenvalue weighted by atomic mass is 127. The molecule has 0 radical (unpaired) electrons. The molecular weight excluding hydrogens is 386 g/mol. The molecule has 1 aromatic rings. The quantitative estimate of drug-likeness (QED) is 0.568. The first-order valence-corrected chi connectivity index (χ1v) is 11.1. The number of benzene rings is 1. The summed E-state index contributed by atoms with van der Waals surface area (Å²) in [5.41, 5.74) is 1.32. The molecule has 110 valence electrons. The third-order valence-electron chi connectivity index (χ3n) is 3.45. The lowest BCUT2D eigenvalue weighted by molar-refractivity contribution is 0.0579. The van der Waals surface area contributed by atoms with Crippen molar-refractivity contribution in [2.75, 3.05) is 26.0 Å². The largest absolute Gasteiger partial charge is 0.444 e. The van der Waals surface area contributed by atoms with Gasteiger partial charge in [-0.3, -0.25) is 4.90 Å². The van der Waals surface area contributed by atoms with Crippen LogP contribution in [0.25, 0.3) is 0 Å². The van der Waals surface area contributed by atoms with E-state index in [4.69, 9.17) is 4.74 Å². The number of piperazine rings is 1. The topological polar surface area (TPSA) is 32.8 Å². The smallest absolute Gasteiger partial charge is 0.410 e. The molecular formula is C14H20IN2O2P. The molecule has 0 aliphatic carbocycles. The molecule has 0 bridgehead atoms. The number of amides is 1. The number of carbonyl (C=O) groups is 1. The third kappa shape index (κ3) is 4.57. The number of rotatable bonds is 4. The Kier molecular flexibility index (Phi) is 6.52. The van der Waals surface area contributed by atoms with Gasteiger partial charge in [0, 0.05) is 32.2 Å². The minimum absolute atomic E-state index is 0.166. The van der Waals surface area contributed by atoms with E-state index in [0.29, 0.717) is 12.6 Å². The summed E-state index contributed by atoms with van der Waals surface area (Å²) in [5.74, 6) is 0. The molecule has 0 aromatic heterocycles. The monoisotopic (exact) mass is 406 g/mol. The van der Waals surface area contributed by atoms with Gasteiger partial charge in [0.2, 0.25) is 0 Å². The van der Waals surface area contributed by atoms with E-state index in [0.717, 1.165) is 26.2 Å². The lowest BCUT2D eigenvalue weighted by Gasteiger charge is -2.39. The van der Waals surface area contributed by atoms with Crippen molar-refractivity contribution in [3.05, 3.63) is 35.9 Å². The van der Waals surface area contributed by atoms with E-state index in [2.05, 4.69) is 58.1 Å². The zero-order valence-corrected chi connectivity index (χ0v) is 14.7. The Morgan fingerprint density at radius 3 is 2.80 bits per heavy atom. The van der Waals surface area contributed by atoms with Crippen LogP contribution in [0, 0.1) is 0 Å². The van der Waals surface area contributed by atoms with E-state index < -0.39 is 0 Å². The van der Waals surface area contributed by atoms with Crippen LogP contribution in [0.4, 0.5) is 4.79 Å². The highest BCUT2D eigenvalue weighted by molar-refractivity contribution is 14.2. The molecule has 2 rings (SSSR count). The van der Waals surface area contributed by atoms with E-state index in [9.17, 15) is 4.79 Å². The number of ether oxygens (including phenoxy) is 1. The summed E-state index contributed by atoms with van der Waals surface area (Å²) >= 11 is 2.24. The van der Waals surface area contributed by atoms with Crippen LogP contribution in [-0.2, 0) is 11.3 Å². The highest BCUT2D eigenvalue weighted by Crippen LogP contribution is 2.21. The van der Waals surface area contributed by atoms with Crippen molar-refractivity contribution in [2.24, 2.45) is 0 Å². The average Bonchev–Trinajstić information content (AvgIpc) is 2.46. The summed E-state index contributed by atoms with van der Waals surface area (Å²) in [6.07, 6.45) is 0.981. The van der Waals surface area contributed by atoms with Gasteiger partial charge in [-0.25, -0.2) is 4.79 Å². The maximum atomic E-state index is 11.9. The van der Waals surface area contributed by atoms with Crippen LogP contribution in [0.1, 0.15) is 12.5 Å². The van der Waals surface area contributed by atoms with Crippen molar-refractivity contribution in [1.29, 1.82) is 0 Å². The minimum atomic E-state index is -0.166. The Balaban J connectivity index is 1.84. The molecule has 6 heteroatoms. The first-order valence-electron chi connectivity index (χ1n) is 6.74. The van der Waals surface area contributed by atoms with Crippen LogP contribution in [-0.4, -0.2) is 47.9 Å². The van der Waals surface area contributed by atoms with Gasteiger partial charge in [-0.2, -0.15) is 0 Å². The number of hydrogen-bond donors (Lipinski definition) is 0. The van der Waals surface area contributed by atoms with E-state index >= 15 is 0 Å². The summed E-state index contributed by atoms with van der Waals surface area (Å²) in [6, 6.07) is 10.7. The molecule has 0 spiro atoms. The summed E-state index contributed by atoms with van der Waals surface area (Å²) in [5, 5.41) is 0. The molecule has 1 unspecified atom stereocenters. The van der Waals surface area contributed by atoms with Crippen LogP contribution >= 0.6 is 28.3 Å². The highest BCUT2D eigenvalue weighted by Gasteiger charge is 2.28. The number of hydrogen-bond acceptors (Lipinski definition) is 3. The van der Waals surface area contributed by atoms with Gasteiger partial charge < -0.3 is 9.64 Å². The number of halogens is 1.